The SMILES string of the molecule is Cc1nc(O[C@H]2CC[C@@H](C(C)C)CC2)ccc1[N+](=O)[O-]. The molecule has 0 N–H and O–H groups in total. The molecule has 1 saturated carbocycles. The molecule has 1 aliphatic rings. The molecule has 1 aliphatic carbocycles. The number of hydrogen-bond donors (Lipinski definition) is 0. The highest BCUT2D eigenvalue weighted by molar-refractivity contribution is 5.36. The van der Waals surface area contributed by atoms with Crippen molar-refractivity contribution >= 4 is 5.69 Å². The molecule has 1 fully saturated rings. The van der Waals surface area contributed by atoms with E-state index in [0.717, 1.165) is 24.7 Å². The Bertz CT molecular complexity index is 480. The van der Waals surface area contributed by atoms with Gasteiger partial charge in [-0.3, -0.25) is 10.1 Å². The summed E-state index contributed by atoms with van der Waals surface area (Å²) >= 11 is 0. The third-order valence-electron chi connectivity index (χ3n) is 4.18. The molecule has 0 atom stereocenters. The summed E-state index contributed by atoms with van der Waals surface area (Å²) in [6.07, 6.45) is 4.65. The van der Waals surface area contributed by atoms with Crippen LogP contribution in [0.3, 0.4) is 0 Å². The van der Waals surface area contributed by atoms with E-state index in [2.05, 4.69) is 18.8 Å². The summed E-state index contributed by atoms with van der Waals surface area (Å²) in [6, 6.07) is 3.07. The van der Waals surface area contributed by atoms with E-state index in [0.29, 0.717) is 11.6 Å². The lowest BCUT2D eigenvalue weighted by Gasteiger charge is -2.30. The zero-order valence-corrected chi connectivity index (χ0v) is 12.3. The molecular weight excluding hydrogens is 256 g/mol. The standard InChI is InChI=1S/C15H22N2O3/c1-10(2)12-4-6-13(7-5-12)20-15-9-8-14(17(18)19)11(3)16-15/h8-10,12-13H,4-7H2,1-3H3/t12-,13+. The fourth-order valence-electron chi connectivity index (χ4n) is 2.83. The third-order valence-corrected chi connectivity index (χ3v) is 4.18. The number of aromatic nitrogens is 1. The van der Waals surface area contributed by atoms with Crippen molar-refractivity contribution in [2.75, 3.05) is 0 Å². The van der Waals surface area contributed by atoms with Crippen molar-refractivity contribution in [2.24, 2.45) is 11.8 Å². The Labute approximate surface area is 119 Å². The topological polar surface area (TPSA) is 65.3 Å². The van der Waals surface area contributed by atoms with Gasteiger partial charge in [0.2, 0.25) is 5.88 Å². The number of nitrogens with zero attached hydrogens (tertiary/aromatic N) is 2. The van der Waals surface area contributed by atoms with E-state index < -0.39 is 4.92 Å². The summed E-state index contributed by atoms with van der Waals surface area (Å²) in [5, 5.41) is 10.7. The zero-order valence-electron chi connectivity index (χ0n) is 12.3. The predicted octanol–water partition coefficient (Wildman–Crippen LogP) is 3.89. The van der Waals surface area contributed by atoms with Gasteiger partial charge >= 0.3 is 0 Å². The van der Waals surface area contributed by atoms with E-state index in [1.165, 1.54) is 18.9 Å². The lowest BCUT2D eigenvalue weighted by atomic mass is 9.80. The van der Waals surface area contributed by atoms with E-state index >= 15 is 0 Å². The Balaban J connectivity index is 1.95. The number of hydrogen-bond acceptors (Lipinski definition) is 4. The van der Waals surface area contributed by atoms with Gasteiger partial charge in [0, 0.05) is 12.1 Å². The van der Waals surface area contributed by atoms with Gasteiger partial charge in [0.05, 0.1) is 4.92 Å². The van der Waals surface area contributed by atoms with Crippen molar-refractivity contribution in [3.05, 3.63) is 27.9 Å². The second kappa shape index (κ2) is 6.20. The van der Waals surface area contributed by atoms with Crippen LogP contribution >= 0.6 is 0 Å². The molecule has 2 rings (SSSR count). The highest BCUT2D eigenvalue weighted by atomic mass is 16.6. The van der Waals surface area contributed by atoms with Crippen LogP contribution in [0.25, 0.3) is 0 Å². The van der Waals surface area contributed by atoms with Crippen LogP contribution < -0.4 is 4.74 Å². The van der Waals surface area contributed by atoms with Crippen LogP contribution in [0.15, 0.2) is 12.1 Å². The fourth-order valence-corrected chi connectivity index (χ4v) is 2.83. The maximum atomic E-state index is 10.7. The lowest BCUT2D eigenvalue weighted by Crippen LogP contribution is -2.26. The van der Waals surface area contributed by atoms with Crippen molar-refractivity contribution in [2.45, 2.75) is 52.6 Å². The Hall–Kier alpha value is -1.65. The number of nitro groups is 1. The van der Waals surface area contributed by atoms with E-state index in [1.807, 2.05) is 0 Å². The normalized spacial score (nSPS) is 22.8. The molecule has 0 amide bonds. The van der Waals surface area contributed by atoms with E-state index in [1.54, 1.807) is 13.0 Å². The molecule has 1 aromatic rings. The molecule has 0 bridgehead atoms. The van der Waals surface area contributed by atoms with Crippen molar-refractivity contribution in [1.82, 2.24) is 4.98 Å². The summed E-state index contributed by atoms with van der Waals surface area (Å²) < 4.78 is 5.87. The molecule has 110 valence electrons. The van der Waals surface area contributed by atoms with Crippen molar-refractivity contribution in [3.63, 3.8) is 0 Å². The number of rotatable bonds is 4. The molecule has 5 nitrogen and oxygen atoms in total. The quantitative estimate of drug-likeness (QED) is 0.619. The first-order chi connectivity index (χ1) is 9.47. The van der Waals surface area contributed by atoms with Crippen molar-refractivity contribution in [1.29, 1.82) is 0 Å². The monoisotopic (exact) mass is 278 g/mol. The number of ether oxygens (including phenoxy) is 1. The van der Waals surface area contributed by atoms with Crippen LogP contribution in [0, 0.1) is 28.9 Å². The first-order valence-corrected chi connectivity index (χ1v) is 7.26. The minimum atomic E-state index is -0.417. The summed E-state index contributed by atoms with van der Waals surface area (Å²) in [4.78, 5) is 14.5. The summed E-state index contributed by atoms with van der Waals surface area (Å²) in [6.45, 7) is 6.18. The highest BCUT2D eigenvalue weighted by Gasteiger charge is 2.25. The largest absolute Gasteiger partial charge is 0.474 e. The van der Waals surface area contributed by atoms with Crippen LogP contribution in [0.4, 0.5) is 5.69 Å². The molecule has 0 unspecified atom stereocenters. The van der Waals surface area contributed by atoms with Crippen LogP contribution in [0.1, 0.15) is 45.2 Å². The van der Waals surface area contributed by atoms with E-state index in [4.69, 9.17) is 4.74 Å². The molecule has 1 heterocycles. The Kier molecular flexibility index (Phi) is 4.57. The fraction of sp³-hybridized carbons (Fsp3) is 0.667. The third kappa shape index (κ3) is 3.46. The van der Waals surface area contributed by atoms with Gasteiger partial charge in [0.1, 0.15) is 11.8 Å². The number of aryl methyl sites for hydroxylation is 1. The molecule has 20 heavy (non-hydrogen) atoms. The minimum absolute atomic E-state index is 0.0425. The second-order valence-electron chi connectivity index (χ2n) is 5.91. The van der Waals surface area contributed by atoms with Crippen molar-refractivity contribution < 1.29 is 9.66 Å². The second-order valence-corrected chi connectivity index (χ2v) is 5.91. The minimum Gasteiger partial charge on any atom is -0.474 e. The first kappa shape index (κ1) is 14.8. The van der Waals surface area contributed by atoms with Crippen LogP contribution in [-0.4, -0.2) is 16.0 Å². The maximum Gasteiger partial charge on any atom is 0.290 e. The Morgan fingerprint density at radius 2 is 1.95 bits per heavy atom. The van der Waals surface area contributed by atoms with Crippen LogP contribution in [-0.2, 0) is 0 Å². The van der Waals surface area contributed by atoms with E-state index in [-0.39, 0.29) is 11.8 Å². The zero-order chi connectivity index (χ0) is 14.7. The smallest absolute Gasteiger partial charge is 0.290 e. The molecule has 5 heteroatoms. The van der Waals surface area contributed by atoms with Gasteiger partial charge in [-0.05, 0) is 44.4 Å². The van der Waals surface area contributed by atoms with Crippen molar-refractivity contribution in [3.8, 4) is 5.88 Å². The average Bonchev–Trinajstić information content (AvgIpc) is 2.39. The van der Waals surface area contributed by atoms with Crippen LogP contribution in [0.2, 0.25) is 0 Å². The van der Waals surface area contributed by atoms with Gasteiger partial charge in [-0.1, -0.05) is 13.8 Å². The van der Waals surface area contributed by atoms with Gasteiger partial charge in [-0.25, -0.2) is 4.98 Å². The maximum absolute atomic E-state index is 10.7. The Morgan fingerprint density at radius 1 is 1.30 bits per heavy atom. The first-order valence-electron chi connectivity index (χ1n) is 7.26. The van der Waals surface area contributed by atoms with Gasteiger partial charge in [0.15, 0.2) is 0 Å². The number of pyridine rings is 1. The molecule has 0 aromatic carbocycles. The van der Waals surface area contributed by atoms with Gasteiger partial charge in [-0.15, -0.1) is 0 Å². The lowest BCUT2D eigenvalue weighted by molar-refractivity contribution is -0.385. The molecule has 0 aliphatic heterocycles. The average molecular weight is 278 g/mol. The van der Waals surface area contributed by atoms with Gasteiger partial charge < -0.3 is 4.74 Å². The Morgan fingerprint density at radius 3 is 2.45 bits per heavy atom. The summed E-state index contributed by atoms with van der Waals surface area (Å²) in [7, 11) is 0. The molecule has 1 aromatic heterocycles. The van der Waals surface area contributed by atoms with Crippen LogP contribution in [0.5, 0.6) is 5.88 Å². The summed E-state index contributed by atoms with van der Waals surface area (Å²) in [5.74, 6) is 2.03. The van der Waals surface area contributed by atoms with E-state index in [9.17, 15) is 10.1 Å². The van der Waals surface area contributed by atoms with Gasteiger partial charge in [-0.2, -0.15) is 0 Å². The predicted molar refractivity (Wildman–Crippen MR) is 76.8 cm³/mol. The molecule has 0 radical (unpaired) electrons. The highest BCUT2D eigenvalue weighted by Crippen LogP contribution is 2.32. The molecular formula is C15H22N2O3. The molecule has 0 saturated heterocycles. The van der Waals surface area contributed by atoms with Gasteiger partial charge in [0.25, 0.3) is 5.69 Å². The molecule has 0 spiro atoms. The summed E-state index contributed by atoms with van der Waals surface area (Å²) in [5.41, 5.74) is 0.448.